The third kappa shape index (κ3) is 2.70. The zero-order valence-electron chi connectivity index (χ0n) is 10.8. The Kier molecular flexibility index (Phi) is 3.63. The van der Waals surface area contributed by atoms with Crippen LogP contribution in [0.2, 0.25) is 0 Å². The van der Waals surface area contributed by atoms with E-state index in [0.29, 0.717) is 6.04 Å². The van der Waals surface area contributed by atoms with Gasteiger partial charge in [-0.25, -0.2) is 0 Å². The number of carbonyl (C=O) groups is 1. The molecule has 3 nitrogen and oxygen atoms in total. The summed E-state index contributed by atoms with van der Waals surface area (Å²) in [6, 6.07) is 7.05. The molecular weight excluding hydrogens is 306 g/mol. The van der Waals surface area contributed by atoms with Gasteiger partial charge in [-0.1, -0.05) is 22.0 Å². The average Bonchev–Trinajstić information content (AvgIpc) is 2.88. The van der Waals surface area contributed by atoms with Crippen molar-refractivity contribution in [1.29, 1.82) is 0 Å². The van der Waals surface area contributed by atoms with Crippen molar-refractivity contribution in [3.8, 4) is 0 Å². The molecule has 1 saturated heterocycles. The van der Waals surface area contributed by atoms with E-state index in [4.69, 9.17) is 5.11 Å². The summed E-state index contributed by atoms with van der Waals surface area (Å²) in [5, 5.41) is 9.09. The van der Waals surface area contributed by atoms with Gasteiger partial charge in [0.25, 0.3) is 0 Å². The minimum absolute atomic E-state index is 0.161. The number of nitrogens with zero attached hydrogens (tertiary/aromatic N) is 1. The third-order valence-electron chi connectivity index (χ3n) is 4.46. The van der Waals surface area contributed by atoms with E-state index in [1.54, 1.807) is 0 Å². The molecule has 4 heteroatoms. The molecule has 1 N–H and O–H groups in total. The lowest BCUT2D eigenvalue weighted by Gasteiger charge is -2.32. The number of halogens is 1. The molecule has 1 aromatic carbocycles. The Morgan fingerprint density at radius 1 is 1.32 bits per heavy atom. The van der Waals surface area contributed by atoms with Crippen LogP contribution in [0, 0.1) is 5.92 Å². The first-order chi connectivity index (χ1) is 9.13. The van der Waals surface area contributed by atoms with Gasteiger partial charge in [0.05, 0.1) is 5.92 Å². The lowest BCUT2D eigenvalue weighted by atomic mass is 9.87. The Morgan fingerprint density at radius 3 is 2.89 bits per heavy atom. The van der Waals surface area contributed by atoms with Crippen LogP contribution in [-0.2, 0) is 17.6 Å². The summed E-state index contributed by atoms with van der Waals surface area (Å²) >= 11 is 3.52. The molecule has 3 rings (SSSR count). The van der Waals surface area contributed by atoms with Crippen LogP contribution >= 0.6 is 15.9 Å². The van der Waals surface area contributed by atoms with Gasteiger partial charge in [0.1, 0.15) is 0 Å². The van der Waals surface area contributed by atoms with Crippen LogP contribution in [0.5, 0.6) is 0 Å². The second-order valence-electron chi connectivity index (χ2n) is 5.63. The predicted molar refractivity (Wildman–Crippen MR) is 77.3 cm³/mol. The molecule has 0 saturated carbocycles. The highest BCUT2D eigenvalue weighted by Gasteiger charge is 2.33. The van der Waals surface area contributed by atoms with Crippen LogP contribution < -0.4 is 0 Å². The number of hydrogen-bond acceptors (Lipinski definition) is 2. The third-order valence-corrected chi connectivity index (χ3v) is 4.95. The maximum atomic E-state index is 11.0. The molecule has 1 fully saturated rings. The first-order valence-electron chi connectivity index (χ1n) is 6.87. The van der Waals surface area contributed by atoms with Crippen molar-refractivity contribution in [1.82, 2.24) is 4.90 Å². The Bertz CT molecular complexity index is 503. The Balaban J connectivity index is 1.69. The van der Waals surface area contributed by atoms with Gasteiger partial charge < -0.3 is 5.11 Å². The number of carboxylic acid groups (broad SMARTS) is 1. The fourth-order valence-electron chi connectivity index (χ4n) is 3.34. The van der Waals surface area contributed by atoms with Gasteiger partial charge in [0.2, 0.25) is 0 Å². The smallest absolute Gasteiger partial charge is 0.307 e. The van der Waals surface area contributed by atoms with Crippen LogP contribution in [0.3, 0.4) is 0 Å². The van der Waals surface area contributed by atoms with E-state index in [2.05, 4.69) is 39.0 Å². The van der Waals surface area contributed by atoms with Crippen molar-refractivity contribution >= 4 is 21.9 Å². The lowest BCUT2D eigenvalue weighted by molar-refractivity contribution is -0.141. The van der Waals surface area contributed by atoms with Crippen LogP contribution in [-0.4, -0.2) is 35.1 Å². The quantitative estimate of drug-likeness (QED) is 0.909. The summed E-state index contributed by atoms with van der Waals surface area (Å²) in [4.78, 5) is 13.4. The molecular formula is C15H18BrNO2. The molecule has 1 aliphatic carbocycles. The van der Waals surface area contributed by atoms with Gasteiger partial charge in [-0.05, 0) is 55.5 Å². The molecule has 1 aromatic rings. The van der Waals surface area contributed by atoms with Crippen molar-refractivity contribution in [2.24, 2.45) is 5.92 Å². The van der Waals surface area contributed by atoms with Crippen molar-refractivity contribution in [2.45, 2.75) is 31.7 Å². The fourth-order valence-corrected chi connectivity index (χ4v) is 3.75. The highest BCUT2D eigenvalue weighted by Crippen LogP contribution is 2.30. The van der Waals surface area contributed by atoms with E-state index in [1.165, 1.54) is 11.1 Å². The first-order valence-corrected chi connectivity index (χ1v) is 7.67. The highest BCUT2D eigenvalue weighted by molar-refractivity contribution is 9.10. The Hall–Kier alpha value is -0.870. The number of aryl methyl sites for hydroxylation is 1. The fraction of sp³-hybridized carbons (Fsp3) is 0.533. The van der Waals surface area contributed by atoms with Gasteiger partial charge in [-0.15, -0.1) is 0 Å². The minimum atomic E-state index is -0.636. The largest absolute Gasteiger partial charge is 0.481 e. The van der Waals surface area contributed by atoms with Crippen molar-refractivity contribution in [3.05, 3.63) is 33.8 Å². The van der Waals surface area contributed by atoms with Crippen molar-refractivity contribution < 1.29 is 9.90 Å². The van der Waals surface area contributed by atoms with Gasteiger partial charge >= 0.3 is 5.97 Å². The zero-order chi connectivity index (χ0) is 13.4. The summed E-state index contributed by atoms with van der Waals surface area (Å²) in [7, 11) is 0. The zero-order valence-corrected chi connectivity index (χ0v) is 12.4. The summed E-state index contributed by atoms with van der Waals surface area (Å²) in [6.45, 7) is 1.67. The lowest BCUT2D eigenvalue weighted by Crippen LogP contribution is -2.38. The van der Waals surface area contributed by atoms with Crippen molar-refractivity contribution in [2.75, 3.05) is 13.1 Å². The van der Waals surface area contributed by atoms with E-state index in [0.717, 1.165) is 43.2 Å². The number of rotatable bonds is 2. The van der Waals surface area contributed by atoms with E-state index in [-0.39, 0.29) is 5.92 Å². The maximum Gasteiger partial charge on any atom is 0.307 e. The second-order valence-corrected chi connectivity index (χ2v) is 6.54. The number of fused-ring (bicyclic) bond motifs is 1. The summed E-state index contributed by atoms with van der Waals surface area (Å²) in [6.07, 6.45) is 4.12. The molecule has 0 bridgehead atoms. The molecule has 0 radical (unpaired) electrons. The summed E-state index contributed by atoms with van der Waals surface area (Å²) < 4.78 is 1.15. The monoisotopic (exact) mass is 323 g/mol. The molecule has 1 aliphatic heterocycles. The van der Waals surface area contributed by atoms with Crippen LogP contribution in [0.15, 0.2) is 22.7 Å². The molecule has 0 spiro atoms. The van der Waals surface area contributed by atoms with E-state index >= 15 is 0 Å². The second kappa shape index (κ2) is 5.25. The standard InChI is InChI=1S/C15H18BrNO2/c16-13-3-1-11-8-14(4-2-10(11)7-13)17-6-5-12(9-17)15(18)19/h1,3,7,12,14H,2,4-6,8-9H2,(H,18,19). The molecule has 0 aromatic heterocycles. The molecule has 2 atom stereocenters. The van der Waals surface area contributed by atoms with Gasteiger partial charge in [-0.2, -0.15) is 0 Å². The van der Waals surface area contributed by atoms with Crippen molar-refractivity contribution in [3.63, 3.8) is 0 Å². The summed E-state index contributed by atoms with van der Waals surface area (Å²) in [5.41, 5.74) is 2.87. The molecule has 1 heterocycles. The van der Waals surface area contributed by atoms with E-state index < -0.39 is 5.97 Å². The van der Waals surface area contributed by atoms with E-state index in [1.807, 2.05) is 0 Å². The number of hydrogen-bond donors (Lipinski definition) is 1. The summed E-state index contributed by atoms with van der Waals surface area (Å²) in [5.74, 6) is -0.797. The van der Waals surface area contributed by atoms with Crippen LogP contribution in [0.1, 0.15) is 24.0 Å². The molecule has 2 aliphatic rings. The van der Waals surface area contributed by atoms with Gasteiger partial charge in [-0.3, -0.25) is 9.69 Å². The topological polar surface area (TPSA) is 40.5 Å². The molecule has 2 unspecified atom stereocenters. The predicted octanol–water partition coefficient (Wildman–Crippen LogP) is 2.71. The van der Waals surface area contributed by atoms with Crippen LogP contribution in [0.25, 0.3) is 0 Å². The SMILES string of the molecule is O=C(O)C1CCN(C2CCc3cc(Br)ccc3C2)C1. The number of carboxylic acids is 1. The normalized spacial score (nSPS) is 27.2. The first kappa shape index (κ1) is 13.1. The number of aliphatic carboxylic acids is 1. The Labute approximate surface area is 121 Å². The maximum absolute atomic E-state index is 11.0. The highest BCUT2D eigenvalue weighted by atomic mass is 79.9. The number of benzene rings is 1. The van der Waals surface area contributed by atoms with Gasteiger partial charge in [0, 0.05) is 17.1 Å². The molecule has 19 heavy (non-hydrogen) atoms. The number of likely N-dealkylation sites (tertiary alicyclic amines) is 1. The minimum Gasteiger partial charge on any atom is -0.481 e. The average molecular weight is 324 g/mol. The van der Waals surface area contributed by atoms with E-state index in [9.17, 15) is 4.79 Å². The molecule has 0 amide bonds. The van der Waals surface area contributed by atoms with Gasteiger partial charge in [0.15, 0.2) is 0 Å². The molecule has 102 valence electrons. The Morgan fingerprint density at radius 2 is 2.16 bits per heavy atom. The van der Waals surface area contributed by atoms with Crippen LogP contribution in [0.4, 0.5) is 0 Å².